The van der Waals surface area contributed by atoms with Crippen molar-refractivity contribution in [2.75, 3.05) is 4.72 Å². The van der Waals surface area contributed by atoms with E-state index in [2.05, 4.69) is 9.71 Å². The van der Waals surface area contributed by atoms with Gasteiger partial charge in [0, 0.05) is 6.20 Å². The topological polar surface area (TPSA) is 72.7 Å². The minimum atomic E-state index is -3.69. The summed E-state index contributed by atoms with van der Waals surface area (Å²) in [4.78, 5) is 4.39. The number of imidazole rings is 1. The highest BCUT2D eigenvalue weighted by Gasteiger charge is 2.16. The summed E-state index contributed by atoms with van der Waals surface area (Å²) in [5, 5.41) is 0. The van der Waals surface area contributed by atoms with Crippen molar-refractivity contribution in [2.24, 2.45) is 0 Å². The van der Waals surface area contributed by atoms with Gasteiger partial charge in [0.2, 0.25) is 0 Å². The Kier molecular flexibility index (Phi) is 3.96. The van der Waals surface area contributed by atoms with Crippen LogP contribution in [0.25, 0.3) is 5.65 Å². The summed E-state index contributed by atoms with van der Waals surface area (Å²) in [6, 6.07) is 11.8. The predicted octanol–water partition coefficient (Wildman–Crippen LogP) is 2.92. The molecule has 0 aliphatic rings. The molecule has 1 N–H and O–H groups in total. The molecule has 0 aliphatic carbocycles. The molecule has 7 heteroatoms. The molecule has 6 nitrogen and oxygen atoms in total. The number of anilines is 1. The first-order valence-corrected chi connectivity index (χ1v) is 8.66. The number of nitrogens with one attached hydrogen (secondary N) is 1. The molecular formula is C16H17N3O3S. The van der Waals surface area contributed by atoms with Crippen molar-refractivity contribution >= 4 is 21.5 Å². The molecule has 1 aromatic carbocycles. The number of hydrogen-bond acceptors (Lipinski definition) is 4. The molecule has 0 fully saturated rings. The van der Waals surface area contributed by atoms with Crippen LogP contribution < -0.4 is 9.46 Å². The number of pyridine rings is 1. The molecule has 0 saturated carbocycles. The second kappa shape index (κ2) is 5.92. The largest absolute Gasteiger partial charge is 0.491 e. The summed E-state index contributed by atoms with van der Waals surface area (Å²) >= 11 is 0. The molecule has 0 spiro atoms. The average Bonchev–Trinajstić information content (AvgIpc) is 2.88. The maximum Gasteiger partial charge on any atom is 0.263 e. The molecule has 2 heterocycles. The third kappa shape index (κ3) is 3.45. The average molecular weight is 331 g/mol. The zero-order valence-electron chi connectivity index (χ0n) is 12.8. The fourth-order valence-corrected chi connectivity index (χ4v) is 3.14. The Morgan fingerprint density at radius 1 is 1.13 bits per heavy atom. The van der Waals surface area contributed by atoms with Crippen LogP contribution in [0.2, 0.25) is 0 Å². The van der Waals surface area contributed by atoms with Crippen LogP contribution in [0.4, 0.5) is 5.82 Å². The lowest BCUT2D eigenvalue weighted by molar-refractivity contribution is 0.242. The lowest BCUT2D eigenvalue weighted by Gasteiger charge is -2.10. The van der Waals surface area contributed by atoms with Gasteiger partial charge in [-0.15, -0.1) is 0 Å². The lowest BCUT2D eigenvalue weighted by Crippen LogP contribution is -2.13. The van der Waals surface area contributed by atoms with Crippen molar-refractivity contribution in [1.82, 2.24) is 9.38 Å². The number of rotatable bonds is 5. The fraction of sp³-hybridized carbons (Fsp3) is 0.188. The van der Waals surface area contributed by atoms with Gasteiger partial charge in [-0.05, 0) is 50.2 Å². The van der Waals surface area contributed by atoms with Crippen LogP contribution in [0.1, 0.15) is 13.8 Å². The second-order valence-corrected chi connectivity index (χ2v) is 7.02. The fourth-order valence-electron chi connectivity index (χ4n) is 2.15. The van der Waals surface area contributed by atoms with E-state index in [-0.39, 0.29) is 16.8 Å². The van der Waals surface area contributed by atoms with Crippen molar-refractivity contribution < 1.29 is 13.2 Å². The highest BCUT2D eigenvalue weighted by molar-refractivity contribution is 7.92. The van der Waals surface area contributed by atoms with E-state index in [9.17, 15) is 8.42 Å². The van der Waals surface area contributed by atoms with Gasteiger partial charge in [0.25, 0.3) is 10.0 Å². The van der Waals surface area contributed by atoms with Gasteiger partial charge < -0.3 is 9.14 Å². The molecule has 3 aromatic rings. The monoisotopic (exact) mass is 331 g/mol. The SMILES string of the molecule is CC(C)Oc1ccc(S(=O)(=O)Nc2cn3ccccc3n2)cc1. The van der Waals surface area contributed by atoms with Crippen molar-refractivity contribution in [3.8, 4) is 5.75 Å². The zero-order chi connectivity index (χ0) is 16.4. The highest BCUT2D eigenvalue weighted by Crippen LogP contribution is 2.20. The maximum atomic E-state index is 12.4. The predicted molar refractivity (Wildman–Crippen MR) is 88.2 cm³/mol. The van der Waals surface area contributed by atoms with Gasteiger partial charge >= 0.3 is 0 Å². The van der Waals surface area contributed by atoms with Crippen LogP contribution >= 0.6 is 0 Å². The Balaban J connectivity index is 1.83. The molecule has 0 amide bonds. The number of nitrogens with zero attached hydrogens (tertiary/aromatic N) is 2. The zero-order valence-corrected chi connectivity index (χ0v) is 13.6. The maximum absolute atomic E-state index is 12.4. The van der Waals surface area contributed by atoms with E-state index in [0.29, 0.717) is 11.4 Å². The molecule has 0 unspecified atom stereocenters. The summed E-state index contributed by atoms with van der Waals surface area (Å²) < 4.78 is 34.6. The van der Waals surface area contributed by atoms with Gasteiger partial charge in [0.15, 0.2) is 5.82 Å². The van der Waals surface area contributed by atoms with Crippen LogP contribution in [0.15, 0.2) is 59.8 Å². The summed E-state index contributed by atoms with van der Waals surface area (Å²) in [5.74, 6) is 0.908. The molecule has 0 saturated heterocycles. The summed E-state index contributed by atoms with van der Waals surface area (Å²) in [6.07, 6.45) is 3.47. The highest BCUT2D eigenvalue weighted by atomic mass is 32.2. The van der Waals surface area contributed by atoms with Gasteiger partial charge in [-0.1, -0.05) is 6.07 Å². The third-order valence-electron chi connectivity index (χ3n) is 3.11. The summed E-state index contributed by atoms with van der Waals surface area (Å²) in [7, 11) is -3.69. The van der Waals surface area contributed by atoms with Crippen molar-refractivity contribution in [3.05, 3.63) is 54.9 Å². The number of benzene rings is 1. The van der Waals surface area contributed by atoms with E-state index >= 15 is 0 Å². The quantitative estimate of drug-likeness (QED) is 0.780. The number of hydrogen-bond donors (Lipinski definition) is 1. The standard InChI is InChI=1S/C16H17N3O3S/c1-12(2)22-13-6-8-14(9-7-13)23(20,21)18-15-11-19-10-4-3-5-16(19)17-15/h3-12,18H,1-2H3. The molecule has 120 valence electrons. The molecule has 0 bridgehead atoms. The molecular weight excluding hydrogens is 314 g/mol. The van der Waals surface area contributed by atoms with E-state index in [1.807, 2.05) is 26.0 Å². The molecule has 0 radical (unpaired) electrons. The normalized spacial score (nSPS) is 11.8. The minimum Gasteiger partial charge on any atom is -0.491 e. The van der Waals surface area contributed by atoms with E-state index in [4.69, 9.17) is 4.74 Å². The smallest absolute Gasteiger partial charge is 0.263 e. The van der Waals surface area contributed by atoms with Gasteiger partial charge in [0.05, 0.1) is 17.2 Å². The molecule has 2 aromatic heterocycles. The van der Waals surface area contributed by atoms with E-state index in [1.54, 1.807) is 35.0 Å². The van der Waals surface area contributed by atoms with Crippen LogP contribution in [-0.4, -0.2) is 23.9 Å². The first kappa shape index (κ1) is 15.4. The second-order valence-electron chi connectivity index (χ2n) is 5.34. The van der Waals surface area contributed by atoms with E-state index < -0.39 is 10.0 Å². The molecule has 23 heavy (non-hydrogen) atoms. The number of ether oxygens (including phenoxy) is 1. The number of aromatic nitrogens is 2. The Morgan fingerprint density at radius 3 is 2.52 bits per heavy atom. The molecule has 3 rings (SSSR count). The molecule has 0 aliphatic heterocycles. The van der Waals surface area contributed by atoms with Crippen LogP contribution in [-0.2, 0) is 10.0 Å². The first-order valence-electron chi connectivity index (χ1n) is 7.17. The van der Waals surface area contributed by atoms with Gasteiger partial charge in [-0.2, -0.15) is 0 Å². The van der Waals surface area contributed by atoms with Gasteiger partial charge in [-0.25, -0.2) is 13.4 Å². The Hall–Kier alpha value is -2.54. The Morgan fingerprint density at radius 2 is 1.87 bits per heavy atom. The van der Waals surface area contributed by atoms with Crippen molar-refractivity contribution in [2.45, 2.75) is 24.8 Å². The Bertz CT molecular complexity index is 882. The van der Waals surface area contributed by atoms with Crippen molar-refractivity contribution in [1.29, 1.82) is 0 Å². The van der Waals surface area contributed by atoms with E-state index in [0.717, 1.165) is 0 Å². The lowest BCUT2D eigenvalue weighted by atomic mass is 10.3. The van der Waals surface area contributed by atoms with Crippen molar-refractivity contribution in [3.63, 3.8) is 0 Å². The van der Waals surface area contributed by atoms with Crippen LogP contribution in [0.5, 0.6) is 5.75 Å². The van der Waals surface area contributed by atoms with E-state index in [1.165, 1.54) is 12.1 Å². The van der Waals surface area contributed by atoms with Gasteiger partial charge in [-0.3, -0.25) is 4.72 Å². The third-order valence-corrected chi connectivity index (χ3v) is 4.48. The molecule has 0 atom stereocenters. The summed E-state index contributed by atoms with van der Waals surface area (Å²) in [6.45, 7) is 3.82. The van der Waals surface area contributed by atoms with Crippen LogP contribution in [0.3, 0.4) is 0 Å². The first-order chi connectivity index (χ1) is 10.9. The van der Waals surface area contributed by atoms with Crippen LogP contribution in [0, 0.1) is 0 Å². The van der Waals surface area contributed by atoms with Gasteiger partial charge in [0.1, 0.15) is 11.4 Å². The summed E-state index contributed by atoms with van der Waals surface area (Å²) in [5.41, 5.74) is 0.672. The Labute approximate surface area is 134 Å². The number of fused-ring (bicyclic) bond motifs is 1. The minimum absolute atomic E-state index is 0.0357. The number of sulfonamides is 1.